The molecule has 5 rings (SSSR count). The van der Waals surface area contributed by atoms with Crippen molar-refractivity contribution < 1.29 is 18.9 Å². The summed E-state index contributed by atoms with van der Waals surface area (Å²) in [6.45, 7) is 1.32. The second kappa shape index (κ2) is 8.37. The molecule has 1 aromatic heterocycles. The minimum atomic E-state index is -0.287. The van der Waals surface area contributed by atoms with E-state index in [0.29, 0.717) is 48.8 Å². The summed E-state index contributed by atoms with van der Waals surface area (Å²) in [5.74, 6) is 0.673. The number of likely N-dealkylation sites (tertiary alicyclic amines) is 1. The van der Waals surface area contributed by atoms with Crippen molar-refractivity contribution in [2.24, 2.45) is 0 Å². The lowest BCUT2D eigenvalue weighted by molar-refractivity contribution is -0.136. The van der Waals surface area contributed by atoms with Crippen molar-refractivity contribution in [3.8, 4) is 0 Å². The zero-order valence-electron chi connectivity index (χ0n) is 17.4. The zero-order chi connectivity index (χ0) is 22.1. The van der Waals surface area contributed by atoms with Crippen LogP contribution in [0.5, 0.6) is 0 Å². The highest BCUT2D eigenvalue weighted by Crippen LogP contribution is 2.27. The molecule has 0 aliphatic carbocycles. The van der Waals surface area contributed by atoms with Gasteiger partial charge in [0.25, 0.3) is 11.8 Å². The lowest BCUT2D eigenvalue weighted by atomic mass is 9.99. The molecule has 8 nitrogen and oxygen atoms in total. The summed E-state index contributed by atoms with van der Waals surface area (Å²) in [5, 5.41) is 4.05. The standard InChI is InChI=1S/C24H22N4O4/c29-21(11-6-12-28-23(30)18-9-4-5-10-19(18)24(28)31)27-14-17(15-27)22-25-20(26-32-22)13-16-7-2-1-3-8-16/h1-5,7-10,17H,6,11-15H2. The summed E-state index contributed by atoms with van der Waals surface area (Å²) >= 11 is 0. The average Bonchev–Trinajstić information content (AvgIpc) is 3.32. The summed E-state index contributed by atoms with van der Waals surface area (Å²) in [4.78, 5) is 44.7. The van der Waals surface area contributed by atoms with Gasteiger partial charge < -0.3 is 9.42 Å². The molecule has 32 heavy (non-hydrogen) atoms. The van der Waals surface area contributed by atoms with Gasteiger partial charge in [0.15, 0.2) is 5.82 Å². The molecule has 1 saturated heterocycles. The molecule has 0 unspecified atom stereocenters. The number of aromatic nitrogens is 2. The van der Waals surface area contributed by atoms with E-state index in [2.05, 4.69) is 10.1 Å². The van der Waals surface area contributed by atoms with Gasteiger partial charge in [-0.05, 0) is 24.1 Å². The van der Waals surface area contributed by atoms with Gasteiger partial charge in [0, 0.05) is 32.5 Å². The van der Waals surface area contributed by atoms with Gasteiger partial charge >= 0.3 is 0 Å². The molecule has 3 heterocycles. The van der Waals surface area contributed by atoms with Crippen LogP contribution < -0.4 is 0 Å². The largest absolute Gasteiger partial charge is 0.341 e. The zero-order valence-corrected chi connectivity index (χ0v) is 17.4. The van der Waals surface area contributed by atoms with Gasteiger partial charge in [-0.1, -0.05) is 47.6 Å². The Kier molecular flexibility index (Phi) is 5.26. The maximum absolute atomic E-state index is 12.5. The van der Waals surface area contributed by atoms with E-state index < -0.39 is 0 Å². The van der Waals surface area contributed by atoms with Crippen molar-refractivity contribution >= 4 is 17.7 Å². The van der Waals surface area contributed by atoms with Crippen LogP contribution in [-0.4, -0.2) is 57.3 Å². The Morgan fingerprint density at radius 3 is 2.31 bits per heavy atom. The quantitative estimate of drug-likeness (QED) is 0.535. The van der Waals surface area contributed by atoms with Crippen LogP contribution in [0.4, 0.5) is 0 Å². The third-order valence-electron chi connectivity index (χ3n) is 5.92. The van der Waals surface area contributed by atoms with Crippen LogP contribution in [0.1, 0.15) is 56.8 Å². The monoisotopic (exact) mass is 430 g/mol. The van der Waals surface area contributed by atoms with Crippen LogP contribution >= 0.6 is 0 Å². The molecule has 0 bridgehead atoms. The number of rotatable bonds is 7. The van der Waals surface area contributed by atoms with Crippen LogP contribution in [0, 0.1) is 0 Å². The van der Waals surface area contributed by atoms with Gasteiger partial charge in [-0.2, -0.15) is 4.98 Å². The van der Waals surface area contributed by atoms with E-state index in [1.165, 1.54) is 4.90 Å². The summed E-state index contributed by atoms with van der Waals surface area (Å²) < 4.78 is 5.39. The summed E-state index contributed by atoms with van der Waals surface area (Å²) in [5.41, 5.74) is 1.98. The van der Waals surface area contributed by atoms with Gasteiger partial charge in [-0.15, -0.1) is 0 Å². The maximum atomic E-state index is 12.5. The van der Waals surface area contributed by atoms with Crippen molar-refractivity contribution in [2.75, 3.05) is 19.6 Å². The molecule has 8 heteroatoms. The topological polar surface area (TPSA) is 96.6 Å². The Bertz CT molecular complexity index is 1130. The highest BCUT2D eigenvalue weighted by Gasteiger charge is 2.37. The SMILES string of the molecule is O=C(CCCN1C(=O)c2ccccc2C1=O)N1CC(c2nc(Cc3ccccc3)no2)C1. The Balaban J connectivity index is 1.08. The van der Waals surface area contributed by atoms with Crippen LogP contribution in [-0.2, 0) is 11.2 Å². The predicted molar refractivity (Wildman–Crippen MR) is 114 cm³/mol. The van der Waals surface area contributed by atoms with Gasteiger partial charge in [-0.25, -0.2) is 0 Å². The van der Waals surface area contributed by atoms with E-state index in [9.17, 15) is 14.4 Å². The van der Waals surface area contributed by atoms with Gasteiger partial charge in [0.05, 0.1) is 17.0 Å². The van der Waals surface area contributed by atoms with Crippen LogP contribution in [0.15, 0.2) is 59.1 Å². The maximum Gasteiger partial charge on any atom is 0.261 e. The number of benzene rings is 2. The van der Waals surface area contributed by atoms with Gasteiger partial charge in [-0.3, -0.25) is 19.3 Å². The van der Waals surface area contributed by atoms with Crippen molar-refractivity contribution in [3.63, 3.8) is 0 Å². The first-order valence-electron chi connectivity index (χ1n) is 10.7. The second-order valence-corrected chi connectivity index (χ2v) is 8.12. The number of carbonyl (C=O) groups is 3. The Hall–Kier alpha value is -3.81. The average molecular weight is 430 g/mol. The third kappa shape index (κ3) is 3.79. The number of amides is 3. The van der Waals surface area contributed by atoms with Gasteiger partial charge in [0.2, 0.25) is 11.8 Å². The highest BCUT2D eigenvalue weighted by molar-refractivity contribution is 6.21. The summed E-state index contributed by atoms with van der Waals surface area (Å²) in [6, 6.07) is 16.7. The number of carbonyl (C=O) groups excluding carboxylic acids is 3. The fourth-order valence-corrected chi connectivity index (χ4v) is 4.11. The van der Waals surface area contributed by atoms with E-state index in [-0.39, 0.29) is 36.6 Å². The summed E-state index contributed by atoms with van der Waals surface area (Å²) in [6.07, 6.45) is 1.33. The number of hydrogen-bond donors (Lipinski definition) is 0. The van der Waals surface area contributed by atoms with E-state index in [0.717, 1.165) is 5.56 Å². The molecule has 3 aromatic rings. The van der Waals surface area contributed by atoms with Crippen molar-refractivity contribution in [1.82, 2.24) is 19.9 Å². The third-order valence-corrected chi connectivity index (χ3v) is 5.92. The van der Waals surface area contributed by atoms with Crippen LogP contribution in [0.2, 0.25) is 0 Å². The molecule has 2 aromatic carbocycles. The fraction of sp³-hybridized carbons (Fsp3) is 0.292. The highest BCUT2D eigenvalue weighted by atomic mass is 16.5. The molecule has 0 spiro atoms. The van der Waals surface area contributed by atoms with Crippen molar-refractivity contribution in [1.29, 1.82) is 0 Å². The molecular weight excluding hydrogens is 408 g/mol. The van der Waals surface area contributed by atoms with Crippen molar-refractivity contribution in [2.45, 2.75) is 25.2 Å². The molecule has 162 valence electrons. The normalized spacial score (nSPS) is 15.8. The fourth-order valence-electron chi connectivity index (χ4n) is 4.11. The molecular formula is C24H22N4O4. The first-order valence-corrected chi connectivity index (χ1v) is 10.7. The lowest BCUT2D eigenvalue weighted by Gasteiger charge is -2.37. The number of fused-ring (bicyclic) bond motifs is 1. The van der Waals surface area contributed by atoms with E-state index in [1.54, 1.807) is 29.2 Å². The Morgan fingerprint density at radius 1 is 0.969 bits per heavy atom. The smallest absolute Gasteiger partial charge is 0.261 e. The Labute approximate surface area is 184 Å². The lowest BCUT2D eigenvalue weighted by Crippen LogP contribution is -2.48. The Morgan fingerprint density at radius 2 is 1.62 bits per heavy atom. The predicted octanol–water partition coefficient (Wildman–Crippen LogP) is 2.66. The molecule has 0 radical (unpaired) electrons. The molecule has 0 atom stereocenters. The second-order valence-electron chi connectivity index (χ2n) is 8.12. The van der Waals surface area contributed by atoms with Crippen LogP contribution in [0.25, 0.3) is 0 Å². The molecule has 0 saturated carbocycles. The first kappa shape index (κ1) is 20.1. The van der Waals surface area contributed by atoms with Gasteiger partial charge in [0.1, 0.15) is 0 Å². The minimum Gasteiger partial charge on any atom is -0.341 e. The summed E-state index contributed by atoms with van der Waals surface area (Å²) in [7, 11) is 0. The first-order chi connectivity index (χ1) is 15.6. The molecule has 0 N–H and O–H groups in total. The molecule has 1 fully saturated rings. The van der Waals surface area contributed by atoms with E-state index in [4.69, 9.17) is 4.52 Å². The van der Waals surface area contributed by atoms with Crippen LogP contribution in [0.3, 0.4) is 0 Å². The van der Waals surface area contributed by atoms with E-state index >= 15 is 0 Å². The molecule has 2 aliphatic rings. The molecule has 3 amide bonds. The molecule has 2 aliphatic heterocycles. The van der Waals surface area contributed by atoms with E-state index in [1.807, 2.05) is 30.3 Å². The number of hydrogen-bond acceptors (Lipinski definition) is 6. The van der Waals surface area contributed by atoms with Crippen molar-refractivity contribution in [3.05, 3.63) is 83.0 Å². The number of nitrogens with zero attached hydrogens (tertiary/aromatic N) is 4. The minimum absolute atomic E-state index is 0.00174. The number of imide groups is 1.